The van der Waals surface area contributed by atoms with E-state index in [0.29, 0.717) is 28.0 Å². The molecule has 0 saturated carbocycles. The summed E-state index contributed by atoms with van der Waals surface area (Å²) in [5.74, 6) is 0. The van der Waals surface area contributed by atoms with Crippen LogP contribution in [0, 0.1) is 0 Å². The molecule has 0 aromatic heterocycles. The van der Waals surface area contributed by atoms with Crippen LogP contribution in [-0.2, 0) is 0 Å². The summed E-state index contributed by atoms with van der Waals surface area (Å²) >= 11 is 11.8. The Balaban J connectivity index is 2.63. The van der Waals surface area contributed by atoms with Crippen molar-refractivity contribution in [3.05, 3.63) is 52.8 Å². The lowest BCUT2D eigenvalue weighted by Gasteiger charge is -2.20. The molecule has 0 aliphatic rings. The van der Waals surface area contributed by atoms with Crippen LogP contribution in [0.15, 0.2) is 42.8 Å². The van der Waals surface area contributed by atoms with Crippen LogP contribution in [0.5, 0.6) is 0 Å². The second kappa shape index (κ2) is 7.82. The molecule has 4 nitrogen and oxygen atoms in total. The Bertz CT molecular complexity index is 529. The molecule has 2 amide bonds. The predicted octanol–water partition coefficient (Wildman–Crippen LogP) is 4.09. The standard InChI is InChI=1S/C14H17Cl2N3O/c1-4-7-17-9-10(2)19(3)14(20)18-13-6-5-11(15)8-12(13)16/h4-8,17H,2,9H2,1,3H3,(H,18,20)/b7-4+. The Morgan fingerprint density at radius 3 is 2.75 bits per heavy atom. The molecule has 0 fully saturated rings. The highest BCUT2D eigenvalue weighted by Gasteiger charge is 2.13. The molecule has 1 aromatic carbocycles. The maximum Gasteiger partial charge on any atom is 0.325 e. The summed E-state index contributed by atoms with van der Waals surface area (Å²) in [6, 6.07) is 4.56. The van der Waals surface area contributed by atoms with Crippen LogP contribution in [0.25, 0.3) is 0 Å². The van der Waals surface area contributed by atoms with E-state index in [2.05, 4.69) is 17.2 Å². The molecule has 0 aliphatic carbocycles. The Morgan fingerprint density at radius 1 is 1.45 bits per heavy atom. The van der Waals surface area contributed by atoms with Crippen molar-refractivity contribution < 1.29 is 4.79 Å². The van der Waals surface area contributed by atoms with Crippen molar-refractivity contribution in [3.63, 3.8) is 0 Å². The maximum absolute atomic E-state index is 12.0. The van der Waals surface area contributed by atoms with Crippen LogP contribution in [0.1, 0.15) is 6.92 Å². The molecule has 0 radical (unpaired) electrons. The molecule has 0 saturated heterocycles. The van der Waals surface area contributed by atoms with Gasteiger partial charge in [0.05, 0.1) is 17.3 Å². The van der Waals surface area contributed by atoms with Gasteiger partial charge >= 0.3 is 6.03 Å². The number of anilines is 1. The van der Waals surface area contributed by atoms with E-state index in [0.717, 1.165) is 0 Å². The van der Waals surface area contributed by atoms with Crippen molar-refractivity contribution in [2.45, 2.75) is 6.92 Å². The summed E-state index contributed by atoms with van der Waals surface area (Å²) in [5, 5.41) is 6.61. The zero-order valence-electron chi connectivity index (χ0n) is 11.4. The van der Waals surface area contributed by atoms with Crippen molar-refractivity contribution in [1.29, 1.82) is 0 Å². The van der Waals surface area contributed by atoms with E-state index in [1.165, 1.54) is 4.90 Å². The molecule has 0 aliphatic heterocycles. The van der Waals surface area contributed by atoms with Gasteiger partial charge in [0.15, 0.2) is 0 Å². The fraction of sp³-hybridized carbons (Fsp3) is 0.214. The number of halogens is 2. The van der Waals surface area contributed by atoms with Gasteiger partial charge in [-0.3, -0.25) is 4.90 Å². The third-order valence-electron chi connectivity index (χ3n) is 2.54. The molecule has 1 rings (SSSR count). The second-order valence-electron chi connectivity index (χ2n) is 4.06. The smallest absolute Gasteiger partial charge is 0.325 e. The minimum Gasteiger partial charge on any atom is -0.386 e. The number of benzene rings is 1. The molecular formula is C14H17Cl2N3O. The van der Waals surface area contributed by atoms with Crippen LogP contribution in [-0.4, -0.2) is 24.5 Å². The quantitative estimate of drug-likeness (QED) is 0.859. The van der Waals surface area contributed by atoms with Crippen molar-refractivity contribution in [2.24, 2.45) is 0 Å². The van der Waals surface area contributed by atoms with E-state index in [4.69, 9.17) is 23.2 Å². The number of likely N-dealkylation sites (N-methyl/N-ethyl adjacent to an activating group) is 1. The zero-order valence-corrected chi connectivity index (χ0v) is 12.9. The van der Waals surface area contributed by atoms with Gasteiger partial charge in [-0.25, -0.2) is 4.79 Å². The number of nitrogens with zero attached hydrogens (tertiary/aromatic N) is 1. The molecular weight excluding hydrogens is 297 g/mol. The fourth-order valence-electron chi connectivity index (χ4n) is 1.35. The average Bonchev–Trinajstić information content (AvgIpc) is 2.41. The van der Waals surface area contributed by atoms with E-state index in [9.17, 15) is 4.79 Å². The Labute approximate surface area is 129 Å². The largest absolute Gasteiger partial charge is 0.386 e. The van der Waals surface area contributed by atoms with Crippen LogP contribution >= 0.6 is 23.2 Å². The number of carbonyl (C=O) groups is 1. The average molecular weight is 314 g/mol. The number of rotatable bonds is 5. The number of hydrogen-bond acceptors (Lipinski definition) is 2. The van der Waals surface area contributed by atoms with Gasteiger partial charge in [0.2, 0.25) is 0 Å². The second-order valence-corrected chi connectivity index (χ2v) is 4.90. The normalized spacial score (nSPS) is 10.4. The summed E-state index contributed by atoms with van der Waals surface area (Å²) < 4.78 is 0. The van der Waals surface area contributed by atoms with Crippen molar-refractivity contribution in [2.75, 3.05) is 18.9 Å². The number of hydrogen-bond donors (Lipinski definition) is 2. The van der Waals surface area contributed by atoms with E-state index in [-0.39, 0.29) is 6.03 Å². The molecule has 0 bridgehead atoms. The van der Waals surface area contributed by atoms with Gasteiger partial charge in [-0.15, -0.1) is 0 Å². The van der Waals surface area contributed by atoms with Crippen molar-refractivity contribution in [1.82, 2.24) is 10.2 Å². The molecule has 0 atom stereocenters. The first-order valence-corrected chi connectivity index (χ1v) is 6.73. The topological polar surface area (TPSA) is 44.4 Å². The molecule has 0 heterocycles. The van der Waals surface area contributed by atoms with Crippen LogP contribution in [0.2, 0.25) is 10.0 Å². The molecule has 0 unspecified atom stereocenters. The van der Waals surface area contributed by atoms with E-state index >= 15 is 0 Å². The van der Waals surface area contributed by atoms with E-state index < -0.39 is 0 Å². The van der Waals surface area contributed by atoms with Crippen LogP contribution in [0.3, 0.4) is 0 Å². The summed E-state index contributed by atoms with van der Waals surface area (Å²) in [6.45, 7) is 6.21. The zero-order chi connectivity index (χ0) is 15.1. The summed E-state index contributed by atoms with van der Waals surface area (Å²) in [7, 11) is 1.64. The first kappa shape index (κ1) is 16.4. The van der Waals surface area contributed by atoms with Gasteiger partial charge in [-0.1, -0.05) is 35.9 Å². The number of nitrogens with one attached hydrogen (secondary N) is 2. The highest BCUT2D eigenvalue weighted by atomic mass is 35.5. The van der Waals surface area contributed by atoms with Gasteiger partial charge in [-0.05, 0) is 31.3 Å². The van der Waals surface area contributed by atoms with Crippen molar-refractivity contribution >= 4 is 34.9 Å². The lowest BCUT2D eigenvalue weighted by atomic mass is 10.3. The van der Waals surface area contributed by atoms with Gasteiger partial charge in [0.1, 0.15) is 0 Å². The molecule has 108 valence electrons. The number of urea groups is 1. The minimum absolute atomic E-state index is 0.318. The van der Waals surface area contributed by atoms with Crippen LogP contribution < -0.4 is 10.6 Å². The van der Waals surface area contributed by atoms with Gasteiger partial charge in [-0.2, -0.15) is 0 Å². The monoisotopic (exact) mass is 313 g/mol. The van der Waals surface area contributed by atoms with Crippen LogP contribution in [0.4, 0.5) is 10.5 Å². The highest BCUT2D eigenvalue weighted by molar-refractivity contribution is 6.36. The number of amides is 2. The molecule has 2 N–H and O–H groups in total. The molecule has 1 aromatic rings. The van der Waals surface area contributed by atoms with Gasteiger partial charge < -0.3 is 10.6 Å². The summed E-state index contributed by atoms with van der Waals surface area (Å²) in [6.07, 6.45) is 3.65. The van der Waals surface area contributed by atoms with Crippen molar-refractivity contribution in [3.8, 4) is 0 Å². The van der Waals surface area contributed by atoms with E-state index in [1.54, 1.807) is 31.4 Å². The molecule has 0 spiro atoms. The van der Waals surface area contributed by atoms with Gasteiger partial charge in [0.25, 0.3) is 0 Å². The fourth-order valence-corrected chi connectivity index (χ4v) is 1.80. The maximum atomic E-state index is 12.0. The minimum atomic E-state index is -0.318. The first-order chi connectivity index (χ1) is 9.45. The molecule has 20 heavy (non-hydrogen) atoms. The summed E-state index contributed by atoms with van der Waals surface area (Å²) in [4.78, 5) is 13.5. The lowest BCUT2D eigenvalue weighted by molar-refractivity contribution is 0.231. The molecule has 6 heteroatoms. The third kappa shape index (κ3) is 4.79. The number of carbonyl (C=O) groups excluding carboxylic acids is 1. The number of allylic oxidation sites excluding steroid dienone is 1. The highest BCUT2D eigenvalue weighted by Crippen LogP contribution is 2.25. The SMILES string of the molecule is C=C(CN/C=C/C)N(C)C(=O)Nc1ccc(Cl)cc1Cl. The Kier molecular flexibility index (Phi) is 6.42. The Morgan fingerprint density at radius 2 is 2.15 bits per heavy atom. The third-order valence-corrected chi connectivity index (χ3v) is 3.09. The Hall–Kier alpha value is -1.65. The van der Waals surface area contributed by atoms with E-state index in [1.807, 2.05) is 13.0 Å². The summed E-state index contributed by atoms with van der Waals surface area (Å²) in [5.41, 5.74) is 1.13. The lowest BCUT2D eigenvalue weighted by Crippen LogP contribution is -2.33. The first-order valence-electron chi connectivity index (χ1n) is 5.97. The predicted molar refractivity (Wildman–Crippen MR) is 85.2 cm³/mol. The van der Waals surface area contributed by atoms with Gasteiger partial charge in [0, 0.05) is 17.8 Å².